The molecule has 0 heterocycles. The summed E-state index contributed by atoms with van der Waals surface area (Å²) in [7, 11) is 0. The fraction of sp³-hybridized carbons (Fsp3) is 0.294. The van der Waals surface area contributed by atoms with Gasteiger partial charge in [-0.15, -0.1) is 0 Å². The number of benzene rings is 2. The van der Waals surface area contributed by atoms with Crippen LogP contribution in [0.4, 0.5) is 5.69 Å². The van der Waals surface area contributed by atoms with Crippen molar-refractivity contribution in [1.82, 2.24) is 0 Å². The molecule has 0 radical (unpaired) electrons. The van der Waals surface area contributed by atoms with Crippen molar-refractivity contribution < 1.29 is 4.74 Å². The summed E-state index contributed by atoms with van der Waals surface area (Å²) in [5, 5.41) is 4.20. The molecule has 2 aromatic carbocycles. The highest BCUT2D eigenvalue weighted by Crippen LogP contribution is 2.25. The van der Waals surface area contributed by atoms with Crippen molar-refractivity contribution >= 4 is 17.3 Å². The zero-order valence-electron chi connectivity index (χ0n) is 12.1. The lowest BCUT2D eigenvalue weighted by Gasteiger charge is -2.26. The molecule has 106 valence electrons. The zero-order chi connectivity index (χ0) is 14.6. The summed E-state index contributed by atoms with van der Waals surface area (Å²) < 4.78 is 5.76. The molecule has 0 saturated carbocycles. The molecule has 0 aliphatic heterocycles. The molecule has 1 N–H and O–H groups in total. The molecule has 0 saturated heterocycles. The summed E-state index contributed by atoms with van der Waals surface area (Å²) in [6, 6.07) is 15.3. The molecule has 2 nitrogen and oxygen atoms in total. The minimum Gasteiger partial charge on any atom is -0.457 e. The van der Waals surface area contributed by atoms with Crippen molar-refractivity contribution in [2.24, 2.45) is 0 Å². The molecule has 2 aromatic rings. The first kappa shape index (κ1) is 14.7. The Morgan fingerprint density at radius 1 is 0.950 bits per heavy atom. The van der Waals surface area contributed by atoms with Gasteiger partial charge in [-0.1, -0.05) is 18.5 Å². The average Bonchev–Trinajstić information content (AvgIpc) is 2.43. The van der Waals surface area contributed by atoms with Crippen LogP contribution in [0, 0.1) is 0 Å². The summed E-state index contributed by atoms with van der Waals surface area (Å²) in [6.45, 7) is 6.54. The van der Waals surface area contributed by atoms with Crippen LogP contribution in [0.25, 0.3) is 0 Å². The van der Waals surface area contributed by atoms with Gasteiger partial charge in [-0.3, -0.25) is 0 Å². The maximum absolute atomic E-state index is 5.85. The molecule has 0 aromatic heterocycles. The van der Waals surface area contributed by atoms with Crippen LogP contribution >= 0.6 is 11.6 Å². The predicted octanol–water partition coefficient (Wildman–Crippen LogP) is 5.73. The Labute approximate surface area is 125 Å². The van der Waals surface area contributed by atoms with E-state index in [9.17, 15) is 0 Å². The number of rotatable bonds is 5. The second kappa shape index (κ2) is 6.19. The maximum atomic E-state index is 5.85. The van der Waals surface area contributed by atoms with E-state index in [1.807, 2.05) is 48.5 Å². The topological polar surface area (TPSA) is 21.3 Å². The largest absolute Gasteiger partial charge is 0.457 e. The van der Waals surface area contributed by atoms with E-state index in [-0.39, 0.29) is 5.54 Å². The third-order valence-corrected chi connectivity index (χ3v) is 3.52. The molecule has 0 unspecified atom stereocenters. The van der Waals surface area contributed by atoms with Gasteiger partial charge in [-0.25, -0.2) is 0 Å². The van der Waals surface area contributed by atoms with Gasteiger partial charge < -0.3 is 10.1 Å². The van der Waals surface area contributed by atoms with Crippen LogP contribution < -0.4 is 10.1 Å². The lowest BCUT2D eigenvalue weighted by molar-refractivity contribution is 0.482. The van der Waals surface area contributed by atoms with Crippen LogP contribution in [0.3, 0.4) is 0 Å². The lowest BCUT2D eigenvalue weighted by Crippen LogP contribution is -2.29. The van der Waals surface area contributed by atoms with Crippen LogP contribution in [-0.2, 0) is 0 Å². The maximum Gasteiger partial charge on any atom is 0.127 e. The van der Waals surface area contributed by atoms with Gasteiger partial charge in [0.15, 0.2) is 0 Å². The van der Waals surface area contributed by atoms with Crippen LogP contribution in [0.2, 0.25) is 5.02 Å². The second-order valence-corrected chi connectivity index (χ2v) is 5.88. The molecule has 2 rings (SSSR count). The third kappa shape index (κ3) is 4.17. The van der Waals surface area contributed by atoms with Gasteiger partial charge in [0.25, 0.3) is 0 Å². The van der Waals surface area contributed by atoms with E-state index in [1.165, 1.54) is 0 Å². The minimum atomic E-state index is 0.0958. The zero-order valence-corrected chi connectivity index (χ0v) is 12.9. The van der Waals surface area contributed by atoms with Crippen LogP contribution in [0.15, 0.2) is 48.5 Å². The molecule has 20 heavy (non-hydrogen) atoms. The first-order chi connectivity index (χ1) is 9.48. The molecule has 0 amide bonds. The summed E-state index contributed by atoms with van der Waals surface area (Å²) in [6.07, 6.45) is 1.07. The van der Waals surface area contributed by atoms with Gasteiger partial charge in [0, 0.05) is 16.2 Å². The number of halogens is 1. The summed E-state index contributed by atoms with van der Waals surface area (Å²) in [4.78, 5) is 0. The van der Waals surface area contributed by atoms with E-state index in [1.54, 1.807) is 0 Å². The normalized spacial score (nSPS) is 11.2. The van der Waals surface area contributed by atoms with Gasteiger partial charge in [0.05, 0.1) is 0 Å². The average molecular weight is 290 g/mol. The highest BCUT2D eigenvalue weighted by molar-refractivity contribution is 6.30. The van der Waals surface area contributed by atoms with Gasteiger partial charge in [-0.05, 0) is 68.8 Å². The van der Waals surface area contributed by atoms with Crippen LogP contribution in [0.5, 0.6) is 11.5 Å². The molecule has 0 fully saturated rings. The monoisotopic (exact) mass is 289 g/mol. The van der Waals surface area contributed by atoms with Gasteiger partial charge in [0.2, 0.25) is 0 Å². The van der Waals surface area contributed by atoms with E-state index < -0.39 is 0 Å². The highest BCUT2D eigenvalue weighted by Gasteiger charge is 2.13. The number of hydrogen-bond donors (Lipinski definition) is 1. The van der Waals surface area contributed by atoms with Gasteiger partial charge in [-0.2, -0.15) is 0 Å². The Kier molecular flexibility index (Phi) is 4.56. The van der Waals surface area contributed by atoms with Crippen molar-refractivity contribution in [2.45, 2.75) is 32.7 Å². The van der Waals surface area contributed by atoms with Crippen LogP contribution in [0.1, 0.15) is 27.2 Å². The van der Waals surface area contributed by atoms with Crippen molar-refractivity contribution in [3.05, 3.63) is 53.6 Å². The summed E-state index contributed by atoms with van der Waals surface area (Å²) in [5.41, 5.74) is 1.19. The van der Waals surface area contributed by atoms with Crippen molar-refractivity contribution in [2.75, 3.05) is 5.32 Å². The van der Waals surface area contributed by atoms with Crippen molar-refractivity contribution in [3.63, 3.8) is 0 Å². The second-order valence-electron chi connectivity index (χ2n) is 5.44. The Morgan fingerprint density at radius 3 is 1.95 bits per heavy atom. The van der Waals surface area contributed by atoms with Crippen molar-refractivity contribution in [3.8, 4) is 11.5 Å². The molecule has 0 atom stereocenters. The number of nitrogens with one attached hydrogen (secondary N) is 1. The molecule has 0 bridgehead atoms. The van der Waals surface area contributed by atoms with E-state index in [0.717, 1.165) is 23.6 Å². The summed E-state index contributed by atoms with van der Waals surface area (Å²) in [5.74, 6) is 1.59. The van der Waals surface area contributed by atoms with E-state index in [0.29, 0.717) is 5.02 Å². The molecular formula is C17H20ClNO. The first-order valence-electron chi connectivity index (χ1n) is 6.80. The molecule has 0 spiro atoms. The number of anilines is 1. The molecule has 3 heteroatoms. The minimum absolute atomic E-state index is 0.0958. The first-order valence-corrected chi connectivity index (χ1v) is 7.18. The summed E-state index contributed by atoms with van der Waals surface area (Å²) >= 11 is 5.85. The fourth-order valence-corrected chi connectivity index (χ4v) is 1.85. The Bertz CT molecular complexity index is 546. The van der Waals surface area contributed by atoms with E-state index >= 15 is 0 Å². The number of hydrogen-bond acceptors (Lipinski definition) is 2. The third-order valence-electron chi connectivity index (χ3n) is 3.27. The molecular weight excluding hydrogens is 270 g/mol. The Morgan fingerprint density at radius 2 is 1.45 bits per heavy atom. The SMILES string of the molecule is CCC(C)(C)Nc1ccc(Oc2ccc(Cl)cc2)cc1. The van der Waals surface area contributed by atoms with Gasteiger partial charge in [0.1, 0.15) is 11.5 Å². The number of ether oxygens (including phenoxy) is 1. The Hall–Kier alpha value is -1.67. The van der Waals surface area contributed by atoms with Crippen molar-refractivity contribution in [1.29, 1.82) is 0 Å². The fourth-order valence-electron chi connectivity index (χ4n) is 1.72. The van der Waals surface area contributed by atoms with Crippen LogP contribution in [-0.4, -0.2) is 5.54 Å². The standard InChI is InChI=1S/C17H20ClNO/c1-4-17(2,3)19-14-7-11-16(12-8-14)20-15-9-5-13(18)6-10-15/h5-12,19H,4H2,1-3H3. The predicted molar refractivity (Wildman–Crippen MR) is 86.0 cm³/mol. The van der Waals surface area contributed by atoms with Gasteiger partial charge >= 0.3 is 0 Å². The smallest absolute Gasteiger partial charge is 0.127 e. The Balaban J connectivity index is 2.03. The van der Waals surface area contributed by atoms with E-state index in [2.05, 4.69) is 26.1 Å². The lowest BCUT2D eigenvalue weighted by atomic mass is 10.0. The molecule has 0 aliphatic carbocycles. The quantitative estimate of drug-likeness (QED) is 0.758. The molecule has 0 aliphatic rings. The highest BCUT2D eigenvalue weighted by atomic mass is 35.5. The van der Waals surface area contributed by atoms with E-state index in [4.69, 9.17) is 16.3 Å².